The van der Waals surface area contributed by atoms with Crippen molar-refractivity contribution in [2.24, 2.45) is 0 Å². The number of nitrogens with zero attached hydrogens (tertiary/aromatic N) is 2. The first-order chi connectivity index (χ1) is 9.63. The van der Waals surface area contributed by atoms with Crippen LogP contribution in [0.2, 0.25) is 10.2 Å². The van der Waals surface area contributed by atoms with Gasteiger partial charge in [-0.1, -0.05) is 35.3 Å². The van der Waals surface area contributed by atoms with Crippen LogP contribution in [0, 0.1) is 0 Å². The van der Waals surface area contributed by atoms with Crippen molar-refractivity contribution in [3.63, 3.8) is 0 Å². The van der Waals surface area contributed by atoms with Crippen LogP contribution in [0.15, 0.2) is 36.5 Å². The molecule has 0 saturated carbocycles. The maximum absolute atomic E-state index is 12.1. The van der Waals surface area contributed by atoms with Gasteiger partial charge in [-0.25, -0.2) is 9.97 Å². The van der Waals surface area contributed by atoms with E-state index in [4.69, 9.17) is 23.2 Å². The van der Waals surface area contributed by atoms with Crippen molar-refractivity contribution >= 4 is 45.8 Å². The van der Waals surface area contributed by atoms with E-state index in [9.17, 15) is 4.79 Å². The Morgan fingerprint density at radius 1 is 1.25 bits per heavy atom. The average molecular weight is 307 g/mol. The summed E-state index contributed by atoms with van der Waals surface area (Å²) in [5.41, 5.74) is 1.84. The molecule has 5 nitrogen and oxygen atoms in total. The van der Waals surface area contributed by atoms with Crippen LogP contribution in [0.5, 0.6) is 0 Å². The van der Waals surface area contributed by atoms with Crippen molar-refractivity contribution < 1.29 is 4.79 Å². The SMILES string of the molecule is O=C(Nc1cc(Cl)cnc1Cl)c1nc2ccccc2[nH]1. The van der Waals surface area contributed by atoms with Gasteiger partial charge in [-0.15, -0.1) is 0 Å². The second-order valence-corrected chi connectivity index (χ2v) is 4.84. The van der Waals surface area contributed by atoms with Crippen LogP contribution in [0.4, 0.5) is 5.69 Å². The number of aromatic nitrogens is 3. The summed E-state index contributed by atoms with van der Waals surface area (Å²) in [5.74, 6) is -0.214. The molecule has 3 rings (SSSR count). The number of H-pyrrole nitrogens is 1. The molecule has 1 amide bonds. The molecular formula is C13H8Cl2N4O. The highest BCUT2D eigenvalue weighted by atomic mass is 35.5. The van der Waals surface area contributed by atoms with Crippen LogP contribution in [0.25, 0.3) is 11.0 Å². The van der Waals surface area contributed by atoms with Gasteiger partial charge >= 0.3 is 0 Å². The van der Waals surface area contributed by atoms with Crippen LogP contribution in [-0.2, 0) is 0 Å². The highest BCUT2D eigenvalue weighted by Gasteiger charge is 2.13. The molecule has 0 radical (unpaired) electrons. The van der Waals surface area contributed by atoms with Crippen LogP contribution >= 0.6 is 23.2 Å². The third-order valence-corrected chi connectivity index (χ3v) is 3.17. The molecule has 0 fully saturated rings. The molecule has 100 valence electrons. The average Bonchev–Trinajstić information content (AvgIpc) is 2.87. The van der Waals surface area contributed by atoms with Gasteiger partial charge in [0.1, 0.15) is 0 Å². The molecule has 3 aromatic rings. The van der Waals surface area contributed by atoms with E-state index in [-0.39, 0.29) is 11.0 Å². The molecule has 20 heavy (non-hydrogen) atoms. The predicted molar refractivity (Wildman–Crippen MR) is 78.3 cm³/mol. The zero-order chi connectivity index (χ0) is 14.1. The van der Waals surface area contributed by atoms with Crippen LogP contribution in [0.3, 0.4) is 0 Å². The lowest BCUT2D eigenvalue weighted by molar-refractivity contribution is 0.101. The van der Waals surface area contributed by atoms with Gasteiger partial charge in [0.15, 0.2) is 11.0 Å². The van der Waals surface area contributed by atoms with Crippen molar-refractivity contribution in [3.8, 4) is 0 Å². The Kier molecular flexibility index (Phi) is 3.30. The fourth-order valence-corrected chi connectivity index (χ4v) is 2.06. The highest BCUT2D eigenvalue weighted by molar-refractivity contribution is 6.34. The lowest BCUT2D eigenvalue weighted by Gasteiger charge is -2.04. The molecule has 0 atom stereocenters. The number of rotatable bonds is 2. The number of hydrogen-bond acceptors (Lipinski definition) is 3. The minimum absolute atomic E-state index is 0.166. The van der Waals surface area contributed by atoms with Crippen molar-refractivity contribution in [2.45, 2.75) is 0 Å². The second kappa shape index (κ2) is 5.11. The molecular weight excluding hydrogens is 299 g/mol. The summed E-state index contributed by atoms with van der Waals surface area (Å²) >= 11 is 11.7. The van der Waals surface area contributed by atoms with E-state index in [2.05, 4.69) is 20.3 Å². The smallest absolute Gasteiger partial charge is 0.291 e. The highest BCUT2D eigenvalue weighted by Crippen LogP contribution is 2.23. The molecule has 2 aromatic heterocycles. The fraction of sp³-hybridized carbons (Fsp3) is 0. The largest absolute Gasteiger partial charge is 0.334 e. The lowest BCUT2D eigenvalue weighted by atomic mass is 10.3. The molecule has 7 heteroatoms. The van der Waals surface area contributed by atoms with Crippen molar-refractivity contribution in [3.05, 3.63) is 52.5 Å². The Morgan fingerprint density at radius 3 is 2.85 bits per heavy atom. The minimum Gasteiger partial charge on any atom is -0.334 e. The number of hydrogen-bond donors (Lipinski definition) is 2. The van der Waals surface area contributed by atoms with E-state index in [1.165, 1.54) is 12.3 Å². The van der Waals surface area contributed by atoms with E-state index in [1.807, 2.05) is 24.3 Å². The molecule has 0 aliphatic heterocycles. The lowest BCUT2D eigenvalue weighted by Crippen LogP contribution is -2.14. The predicted octanol–water partition coefficient (Wildman–Crippen LogP) is 3.52. The molecule has 0 aliphatic carbocycles. The Labute approximate surface area is 124 Å². The summed E-state index contributed by atoms with van der Waals surface area (Å²) in [4.78, 5) is 23.1. The third kappa shape index (κ3) is 2.45. The van der Waals surface area contributed by atoms with Gasteiger partial charge in [0.2, 0.25) is 0 Å². The van der Waals surface area contributed by atoms with Crippen molar-refractivity contribution in [1.82, 2.24) is 15.0 Å². The van der Waals surface area contributed by atoms with Gasteiger partial charge < -0.3 is 10.3 Å². The van der Waals surface area contributed by atoms with Gasteiger partial charge in [0, 0.05) is 6.20 Å². The van der Waals surface area contributed by atoms with Crippen LogP contribution < -0.4 is 5.32 Å². The number of carbonyl (C=O) groups is 1. The van der Waals surface area contributed by atoms with E-state index >= 15 is 0 Å². The third-order valence-electron chi connectivity index (χ3n) is 2.66. The maximum Gasteiger partial charge on any atom is 0.291 e. The molecule has 0 spiro atoms. The van der Waals surface area contributed by atoms with Gasteiger partial charge in [0.05, 0.1) is 21.7 Å². The molecule has 0 unspecified atom stereocenters. The zero-order valence-electron chi connectivity index (χ0n) is 10.0. The summed E-state index contributed by atoms with van der Waals surface area (Å²) in [6, 6.07) is 8.89. The first kappa shape index (κ1) is 12.9. The maximum atomic E-state index is 12.1. The van der Waals surface area contributed by atoms with Gasteiger partial charge in [-0.2, -0.15) is 0 Å². The normalized spacial score (nSPS) is 10.7. The zero-order valence-corrected chi connectivity index (χ0v) is 11.5. The van der Waals surface area contributed by atoms with Gasteiger partial charge in [0.25, 0.3) is 5.91 Å². The second-order valence-electron chi connectivity index (χ2n) is 4.05. The number of para-hydroxylation sites is 2. The summed E-state index contributed by atoms with van der Waals surface area (Å²) in [7, 11) is 0. The first-order valence-electron chi connectivity index (χ1n) is 5.70. The van der Waals surface area contributed by atoms with E-state index < -0.39 is 5.91 Å². The van der Waals surface area contributed by atoms with Crippen molar-refractivity contribution in [2.75, 3.05) is 5.32 Å². The molecule has 0 aliphatic rings. The van der Waals surface area contributed by atoms with E-state index in [1.54, 1.807) is 0 Å². The number of fused-ring (bicyclic) bond motifs is 1. The molecule has 1 aromatic carbocycles. The van der Waals surface area contributed by atoms with Crippen LogP contribution in [-0.4, -0.2) is 20.9 Å². The fourth-order valence-electron chi connectivity index (χ4n) is 1.75. The molecule has 2 heterocycles. The van der Waals surface area contributed by atoms with Gasteiger partial charge in [-0.05, 0) is 18.2 Å². The number of anilines is 1. The topological polar surface area (TPSA) is 70.7 Å². The summed E-state index contributed by atoms with van der Waals surface area (Å²) in [6.45, 7) is 0. The van der Waals surface area contributed by atoms with E-state index in [0.29, 0.717) is 16.2 Å². The Hall–Kier alpha value is -2.11. The van der Waals surface area contributed by atoms with E-state index in [0.717, 1.165) is 5.52 Å². The molecule has 0 saturated heterocycles. The summed E-state index contributed by atoms with van der Waals surface area (Å²) in [6.07, 6.45) is 1.40. The number of nitrogens with one attached hydrogen (secondary N) is 2. The Balaban J connectivity index is 1.90. The quantitative estimate of drug-likeness (QED) is 0.712. The van der Waals surface area contributed by atoms with Crippen molar-refractivity contribution in [1.29, 1.82) is 0 Å². The number of carbonyl (C=O) groups excluding carboxylic acids is 1. The standard InChI is InChI=1S/C13H8Cl2N4O/c14-7-5-10(11(15)16-6-7)19-13(20)12-17-8-3-1-2-4-9(8)18-12/h1-6H,(H,17,18)(H,19,20). The summed E-state index contributed by atoms with van der Waals surface area (Å²) < 4.78 is 0. The molecule has 0 bridgehead atoms. The van der Waals surface area contributed by atoms with Crippen LogP contribution in [0.1, 0.15) is 10.6 Å². The number of imidazole rings is 1. The number of aromatic amines is 1. The number of pyridine rings is 1. The molecule has 2 N–H and O–H groups in total. The Morgan fingerprint density at radius 2 is 2.05 bits per heavy atom. The summed E-state index contributed by atoms with van der Waals surface area (Å²) in [5, 5.41) is 3.17. The Bertz CT molecular complexity index is 767. The number of benzene rings is 1. The monoisotopic (exact) mass is 306 g/mol. The number of amides is 1. The first-order valence-corrected chi connectivity index (χ1v) is 6.46. The minimum atomic E-state index is -0.410. The number of halogens is 2. The van der Waals surface area contributed by atoms with Gasteiger partial charge in [-0.3, -0.25) is 4.79 Å².